The largest absolute Gasteiger partial charge is 0.478 e. The minimum Gasteiger partial charge on any atom is -0.478 e. The number of aromatic nitrogens is 3. The Morgan fingerprint density at radius 1 is 1.47 bits per heavy atom. The van der Waals surface area contributed by atoms with Crippen molar-refractivity contribution < 1.29 is 14.7 Å². The van der Waals surface area contributed by atoms with E-state index < -0.39 is 17.9 Å². The first-order chi connectivity index (χ1) is 8.02. The maximum atomic E-state index is 11.1. The lowest BCUT2D eigenvalue weighted by molar-refractivity contribution is -0.120. The van der Waals surface area contributed by atoms with Gasteiger partial charge in [-0.1, -0.05) is 11.3 Å². The summed E-state index contributed by atoms with van der Waals surface area (Å²) < 4.78 is 1.22. The lowest BCUT2D eigenvalue weighted by Crippen LogP contribution is -2.25. The summed E-state index contributed by atoms with van der Waals surface area (Å²) in [4.78, 5) is 22.2. The summed E-state index contributed by atoms with van der Waals surface area (Å²) in [5.41, 5.74) is 5.92. The molecule has 0 bridgehead atoms. The normalized spacial score (nSPS) is 12.5. The number of hydrogen-bond acceptors (Lipinski definition) is 4. The number of carboxylic acid groups (broad SMARTS) is 1. The van der Waals surface area contributed by atoms with Crippen LogP contribution in [0.15, 0.2) is 18.2 Å². The SMILES string of the molecule is CC(C(N)=O)n1nnc2cccc(C(=O)O)c21. The Morgan fingerprint density at radius 2 is 2.18 bits per heavy atom. The highest BCUT2D eigenvalue weighted by atomic mass is 16.4. The highest BCUT2D eigenvalue weighted by molar-refractivity contribution is 6.01. The second kappa shape index (κ2) is 3.85. The Hall–Kier alpha value is -2.44. The molecule has 0 aliphatic rings. The number of amides is 1. The number of fused-ring (bicyclic) bond motifs is 1. The fourth-order valence-corrected chi connectivity index (χ4v) is 1.56. The number of primary amides is 1. The van der Waals surface area contributed by atoms with Gasteiger partial charge in [-0.15, -0.1) is 5.10 Å². The fraction of sp³-hybridized carbons (Fsp3) is 0.200. The molecule has 0 radical (unpaired) electrons. The molecular weight excluding hydrogens is 224 g/mol. The van der Waals surface area contributed by atoms with Crippen LogP contribution in [0.4, 0.5) is 0 Å². The minimum absolute atomic E-state index is 0.0422. The van der Waals surface area contributed by atoms with Crippen LogP contribution < -0.4 is 5.73 Å². The summed E-state index contributed by atoms with van der Waals surface area (Å²) in [6.07, 6.45) is 0. The van der Waals surface area contributed by atoms with Crippen molar-refractivity contribution in [2.75, 3.05) is 0 Å². The van der Waals surface area contributed by atoms with Gasteiger partial charge in [-0.2, -0.15) is 0 Å². The van der Waals surface area contributed by atoms with Crippen LogP contribution in [0.5, 0.6) is 0 Å². The van der Waals surface area contributed by atoms with Crippen molar-refractivity contribution in [3.8, 4) is 0 Å². The van der Waals surface area contributed by atoms with Crippen molar-refractivity contribution in [3.05, 3.63) is 23.8 Å². The molecule has 2 rings (SSSR count). The first-order valence-corrected chi connectivity index (χ1v) is 4.89. The number of nitrogens with two attached hydrogens (primary N) is 1. The molecule has 0 saturated carbocycles. The van der Waals surface area contributed by atoms with E-state index in [1.165, 1.54) is 17.7 Å². The lowest BCUT2D eigenvalue weighted by atomic mass is 10.1. The number of aromatic carboxylic acids is 1. The number of carboxylic acids is 1. The van der Waals surface area contributed by atoms with E-state index in [-0.39, 0.29) is 5.56 Å². The summed E-state index contributed by atoms with van der Waals surface area (Å²) in [6, 6.07) is 3.87. The standard InChI is InChI=1S/C10H10N4O3/c1-5(9(11)15)14-8-6(10(16)17)3-2-4-7(8)12-13-14/h2-5H,1H3,(H2,11,15)(H,16,17). The number of carbonyl (C=O) groups excluding carboxylic acids is 1. The number of hydrogen-bond donors (Lipinski definition) is 2. The molecule has 88 valence electrons. The van der Waals surface area contributed by atoms with Gasteiger partial charge in [0.05, 0.1) is 5.56 Å². The molecule has 0 aliphatic carbocycles. The van der Waals surface area contributed by atoms with Crippen LogP contribution in [0, 0.1) is 0 Å². The van der Waals surface area contributed by atoms with E-state index in [1.807, 2.05) is 0 Å². The van der Waals surface area contributed by atoms with E-state index >= 15 is 0 Å². The topological polar surface area (TPSA) is 111 Å². The summed E-state index contributed by atoms with van der Waals surface area (Å²) in [6.45, 7) is 1.54. The maximum absolute atomic E-state index is 11.1. The van der Waals surface area contributed by atoms with Gasteiger partial charge in [0.25, 0.3) is 0 Å². The van der Waals surface area contributed by atoms with Gasteiger partial charge in [0.2, 0.25) is 5.91 Å². The molecule has 1 heterocycles. The van der Waals surface area contributed by atoms with Gasteiger partial charge in [0.15, 0.2) is 0 Å². The van der Waals surface area contributed by atoms with E-state index in [0.717, 1.165) is 0 Å². The smallest absolute Gasteiger partial charge is 0.337 e. The van der Waals surface area contributed by atoms with Crippen LogP contribution in [0.25, 0.3) is 11.0 Å². The van der Waals surface area contributed by atoms with Gasteiger partial charge in [-0.25, -0.2) is 9.48 Å². The number of carbonyl (C=O) groups is 2. The van der Waals surface area contributed by atoms with Gasteiger partial charge in [0, 0.05) is 0 Å². The van der Waals surface area contributed by atoms with Gasteiger partial charge in [0.1, 0.15) is 17.1 Å². The Kier molecular flexibility index (Phi) is 2.51. The number of rotatable bonds is 3. The van der Waals surface area contributed by atoms with E-state index in [4.69, 9.17) is 10.8 Å². The first kappa shape index (κ1) is 11.1. The number of para-hydroxylation sites is 1. The predicted octanol–water partition coefficient (Wildman–Crippen LogP) is 0.176. The average molecular weight is 234 g/mol. The first-order valence-electron chi connectivity index (χ1n) is 4.89. The molecule has 0 aliphatic heterocycles. The van der Waals surface area contributed by atoms with Crippen molar-refractivity contribution in [2.24, 2.45) is 5.73 Å². The summed E-state index contributed by atoms with van der Waals surface area (Å²) in [5, 5.41) is 16.6. The van der Waals surface area contributed by atoms with Crippen molar-refractivity contribution in [1.29, 1.82) is 0 Å². The second-order valence-electron chi connectivity index (χ2n) is 3.59. The molecule has 1 unspecified atom stereocenters. The lowest BCUT2D eigenvalue weighted by Gasteiger charge is -2.09. The molecule has 17 heavy (non-hydrogen) atoms. The average Bonchev–Trinajstić information content (AvgIpc) is 2.70. The Labute approximate surface area is 95.8 Å². The van der Waals surface area contributed by atoms with Crippen molar-refractivity contribution in [1.82, 2.24) is 15.0 Å². The number of benzene rings is 1. The molecule has 1 atom stereocenters. The maximum Gasteiger partial charge on any atom is 0.337 e. The van der Waals surface area contributed by atoms with Crippen LogP contribution in [-0.2, 0) is 4.79 Å². The van der Waals surface area contributed by atoms with Gasteiger partial charge < -0.3 is 10.8 Å². The van der Waals surface area contributed by atoms with Gasteiger partial charge >= 0.3 is 5.97 Å². The van der Waals surface area contributed by atoms with Crippen molar-refractivity contribution >= 4 is 22.9 Å². The van der Waals surface area contributed by atoms with E-state index in [9.17, 15) is 9.59 Å². The highest BCUT2D eigenvalue weighted by Gasteiger charge is 2.20. The molecule has 1 amide bonds. The molecular formula is C10H10N4O3. The van der Waals surface area contributed by atoms with Crippen LogP contribution in [0.1, 0.15) is 23.3 Å². The van der Waals surface area contributed by atoms with Crippen LogP contribution in [-0.4, -0.2) is 32.0 Å². The molecule has 2 aromatic rings. The second-order valence-corrected chi connectivity index (χ2v) is 3.59. The van der Waals surface area contributed by atoms with Crippen LogP contribution >= 0.6 is 0 Å². The third-order valence-corrected chi connectivity index (χ3v) is 2.50. The van der Waals surface area contributed by atoms with Crippen molar-refractivity contribution in [3.63, 3.8) is 0 Å². The zero-order chi connectivity index (χ0) is 12.6. The molecule has 7 nitrogen and oxygen atoms in total. The summed E-state index contributed by atoms with van der Waals surface area (Å²) >= 11 is 0. The van der Waals surface area contributed by atoms with Crippen molar-refractivity contribution in [2.45, 2.75) is 13.0 Å². The van der Waals surface area contributed by atoms with E-state index in [1.54, 1.807) is 12.1 Å². The van der Waals surface area contributed by atoms with Crippen LogP contribution in [0.2, 0.25) is 0 Å². The van der Waals surface area contributed by atoms with Gasteiger partial charge in [-0.05, 0) is 19.1 Å². The van der Waals surface area contributed by atoms with E-state index in [2.05, 4.69) is 10.3 Å². The van der Waals surface area contributed by atoms with E-state index in [0.29, 0.717) is 11.0 Å². The monoisotopic (exact) mass is 234 g/mol. The molecule has 1 aromatic carbocycles. The quantitative estimate of drug-likeness (QED) is 0.786. The summed E-state index contributed by atoms with van der Waals surface area (Å²) in [5.74, 6) is -1.70. The summed E-state index contributed by atoms with van der Waals surface area (Å²) in [7, 11) is 0. The Balaban J connectivity index is 2.73. The fourth-order valence-electron chi connectivity index (χ4n) is 1.56. The van der Waals surface area contributed by atoms with Crippen LogP contribution in [0.3, 0.4) is 0 Å². The Morgan fingerprint density at radius 3 is 2.76 bits per heavy atom. The molecule has 0 fully saturated rings. The molecule has 1 aromatic heterocycles. The minimum atomic E-state index is -1.10. The third kappa shape index (κ3) is 1.71. The predicted molar refractivity (Wildman–Crippen MR) is 58.4 cm³/mol. The van der Waals surface area contributed by atoms with Gasteiger partial charge in [-0.3, -0.25) is 4.79 Å². The molecule has 7 heteroatoms. The molecule has 3 N–H and O–H groups in total. The molecule has 0 spiro atoms. The Bertz CT molecular complexity index is 605. The zero-order valence-electron chi connectivity index (χ0n) is 8.99. The highest BCUT2D eigenvalue weighted by Crippen LogP contribution is 2.19. The third-order valence-electron chi connectivity index (χ3n) is 2.50. The zero-order valence-corrected chi connectivity index (χ0v) is 8.99. The molecule has 0 saturated heterocycles. The number of nitrogens with zero attached hydrogens (tertiary/aromatic N) is 3.